The zero-order valence-corrected chi connectivity index (χ0v) is 7.56. The molecule has 0 aromatic rings. The normalized spacial score (nSPS) is 29.4. The van der Waals surface area contributed by atoms with Gasteiger partial charge in [0.05, 0.1) is 0 Å². The molecule has 1 nitrogen and oxygen atoms in total. The van der Waals surface area contributed by atoms with Crippen molar-refractivity contribution >= 4 is 0 Å². The molecule has 0 heterocycles. The van der Waals surface area contributed by atoms with Crippen LogP contribution in [0.3, 0.4) is 0 Å². The average Bonchev–Trinajstić information content (AvgIpc) is 2.07. The maximum atomic E-state index is 8.82. The minimum atomic E-state index is 0.321. The van der Waals surface area contributed by atoms with Gasteiger partial charge < -0.3 is 5.11 Å². The lowest BCUT2D eigenvalue weighted by Crippen LogP contribution is -2.18. The van der Waals surface area contributed by atoms with Crippen LogP contribution in [0.4, 0.5) is 0 Å². The second kappa shape index (κ2) is 2.98. The Morgan fingerprint density at radius 2 is 2.27 bits per heavy atom. The van der Waals surface area contributed by atoms with Gasteiger partial charge in [0.1, 0.15) is 0 Å². The summed E-state index contributed by atoms with van der Waals surface area (Å²) in [6.45, 7) is 8.86. The van der Waals surface area contributed by atoms with Gasteiger partial charge in [-0.2, -0.15) is 0 Å². The molecule has 0 aliphatic heterocycles. The third-order valence-corrected chi connectivity index (χ3v) is 2.82. The van der Waals surface area contributed by atoms with Gasteiger partial charge in [0.25, 0.3) is 0 Å². The molecule has 1 fully saturated rings. The summed E-state index contributed by atoms with van der Waals surface area (Å²) >= 11 is 0. The van der Waals surface area contributed by atoms with Crippen LogP contribution in [0.2, 0.25) is 0 Å². The Labute approximate surface area is 69.1 Å². The van der Waals surface area contributed by atoms with E-state index in [0.29, 0.717) is 17.9 Å². The molecule has 1 aliphatic rings. The third-order valence-electron chi connectivity index (χ3n) is 2.82. The second-order valence-electron chi connectivity index (χ2n) is 4.33. The second-order valence-corrected chi connectivity index (χ2v) is 4.33. The Morgan fingerprint density at radius 1 is 1.64 bits per heavy atom. The Bertz CT molecular complexity index is 158. The molecule has 1 heteroatoms. The summed E-state index contributed by atoms with van der Waals surface area (Å²) in [6.07, 6.45) is 3.19. The first-order chi connectivity index (χ1) is 5.06. The summed E-state index contributed by atoms with van der Waals surface area (Å²) in [5, 5.41) is 8.82. The zero-order chi connectivity index (χ0) is 8.48. The van der Waals surface area contributed by atoms with E-state index in [-0.39, 0.29) is 0 Å². The van der Waals surface area contributed by atoms with E-state index >= 15 is 0 Å². The maximum Gasteiger partial charge on any atom is 0.0433 e. The lowest BCUT2D eigenvalue weighted by atomic mass is 9.80. The molecular weight excluding hydrogens is 136 g/mol. The van der Waals surface area contributed by atoms with Gasteiger partial charge in [0.15, 0.2) is 0 Å². The highest BCUT2D eigenvalue weighted by atomic mass is 16.3. The predicted molar refractivity (Wildman–Crippen MR) is 47.3 cm³/mol. The molecule has 1 saturated carbocycles. The zero-order valence-electron chi connectivity index (χ0n) is 7.56. The molecule has 0 bridgehead atoms. The van der Waals surface area contributed by atoms with Crippen molar-refractivity contribution in [2.45, 2.75) is 33.1 Å². The fourth-order valence-electron chi connectivity index (χ4n) is 2.13. The minimum Gasteiger partial charge on any atom is -0.396 e. The summed E-state index contributed by atoms with van der Waals surface area (Å²) in [5.74, 6) is 0.653. The van der Waals surface area contributed by atoms with E-state index in [9.17, 15) is 0 Å². The van der Waals surface area contributed by atoms with Crippen molar-refractivity contribution < 1.29 is 5.11 Å². The molecular formula is C10H18O. The van der Waals surface area contributed by atoms with Crippen LogP contribution in [0.15, 0.2) is 12.2 Å². The van der Waals surface area contributed by atoms with Crippen LogP contribution >= 0.6 is 0 Å². The topological polar surface area (TPSA) is 20.2 Å². The van der Waals surface area contributed by atoms with Crippen molar-refractivity contribution in [1.29, 1.82) is 0 Å². The molecule has 1 rings (SSSR count). The van der Waals surface area contributed by atoms with Crippen LogP contribution < -0.4 is 0 Å². The molecule has 0 unspecified atom stereocenters. The van der Waals surface area contributed by atoms with E-state index in [1.165, 1.54) is 5.57 Å². The van der Waals surface area contributed by atoms with Crippen molar-refractivity contribution in [2.24, 2.45) is 11.3 Å². The van der Waals surface area contributed by atoms with Crippen LogP contribution in [0, 0.1) is 11.3 Å². The highest BCUT2D eigenvalue weighted by molar-refractivity contribution is 5.09. The molecule has 1 atom stereocenters. The number of hydrogen-bond donors (Lipinski definition) is 1. The van der Waals surface area contributed by atoms with Gasteiger partial charge in [-0.15, -0.1) is 0 Å². The van der Waals surface area contributed by atoms with E-state index < -0.39 is 0 Å². The van der Waals surface area contributed by atoms with Crippen LogP contribution in [0.25, 0.3) is 0 Å². The van der Waals surface area contributed by atoms with Crippen LogP contribution in [0.1, 0.15) is 33.1 Å². The summed E-state index contributed by atoms with van der Waals surface area (Å²) in [5.41, 5.74) is 1.73. The summed E-state index contributed by atoms with van der Waals surface area (Å²) in [7, 11) is 0. The Morgan fingerprint density at radius 3 is 2.64 bits per heavy atom. The number of allylic oxidation sites excluding steroid dienone is 1. The van der Waals surface area contributed by atoms with Crippen molar-refractivity contribution in [1.82, 2.24) is 0 Å². The Kier molecular flexibility index (Phi) is 2.38. The van der Waals surface area contributed by atoms with Gasteiger partial charge >= 0.3 is 0 Å². The molecule has 64 valence electrons. The summed E-state index contributed by atoms with van der Waals surface area (Å²) in [4.78, 5) is 0. The summed E-state index contributed by atoms with van der Waals surface area (Å²) < 4.78 is 0. The van der Waals surface area contributed by atoms with Gasteiger partial charge in [-0.3, -0.25) is 0 Å². The predicted octanol–water partition coefficient (Wildman–Crippen LogP) is 2.36. The highest BCUT2D eigenvalue weighted by Crippen LogP contribution is 2.46. The first kappa shape index (κ1) is 8.79. The Balaban J connectivity index is 2.58. The molecule has 0 saturated heterocycles. The monoisotopic (exact) mass is 154 g/mol. The molecule has 0 aromatic heterocycles. The van der Waals surface area contributed by atoms with Crippen molar-refractivity contribution in [3.63, 3.8) is 0 Å². The first-order valence-corrected chi connectivity index (χ1v) is 4.34. The molecule has 0 radical (unpaired) electrons. The van der Waals surface area contributed by atoms with Crippen molar-refractivity contribution in [3.8, 4) is 0 Å². The third kappa shape index (κ3) is 1.84. The van der Waals surface area contributed by atoms with Gasteiger partial charge in [-0.25, -0.2) is 0 Å². The van der Waals surface area contributed by atoms with Gasteiger partial charge in [-0.05, 0) is 30.6 Å². The Hall–Kier alpha value is -0.300. The van der Waals surface area contributed by atoms with Crippen molar-refractivity contribution in [2.75, 3.05) is 6.61 Å². The highest BCUT2D eigenvalue weighted by Gasteiger charge is 2.35. The van der Waals surface area contributed by atoms with Gasteiger partial charge in [0.2, 0.25) is 0 Å². The number of aliphatic hydroxyl groups is 1. The molecule has 0 amide bonds. The van der Waals surface area contributed by atoms with Gasteiger partial charge in [0, 0.05) is 6.61 Å². The van der Waals surface area contributed by atoms with E-state index in [1.54, 1.807) is 0 Å². The smallest absolute Gasteiger partial charge is 0.0433 e. The van der Waals surface area contributed by atoms with Crippen LogP contribution in [-0.4, -0.2) is 11.7 Å². The molecule has 1 N–H and O–H groups in total. The first-order valence-electron chi connectivity index (χ1n) is 4.34. The van der Waals surface area contributed by atoms with Crippen LogP contribution in [0.5, 0.6) is 0 Å². The maximum absolute atomic E-state index is 8.82. The van der Waals surface area contributed by atoms with E-state index in [0.717, 1.165) is 19.3 Å². The number of rotatable bonds is 2. The number of hydrogen-bond acceptors (Lipinski definition) is 1. The molecule has 0 spiro atoms. The van der Waals surface area contributed by atoms with Gasteiger partial charge in [-0.1, -0.05) is 26.0 Å². The quantitative estimate of drug-likeness (QED) is 0.605. The largest absolute Gasteiger partial charge is 0.396 e. The van der Waals surface area contributed by atoms with Crippen LogP contribution in [-0.2, 0) is 0 Å². The minimum absolute atomic E-state index is 0.321. The molecule has 0 aromatic carbocycles. The van der Waals surface area contributed by atoms with E-state index in [2.05, 4.69) is 20.4 Å². The SMILES string of the molecule is C=C1C[C@H](CCO)C(C)(C)C1. The van der Waals surface area contributed by atoms with E-state index in [4.69, 9.17) is 5.11 Å². The molecule has 1 aliphatic carbocycles. The lowest BCUT2D eigenvalue weighted by Gasteiger charge is -2.25. The van der Waals surface area contributed by atoms with Crippen molar-refractivity contribution in [3.05, 3.63) is 12.2 Å². The molecule has 11 heavy (non-hydrogen) atoms. The van der Waals surface area contributed by atoms with E-state index in [1.807, 2.05) is 0 Å². The number of aliphatic hydroxyl groups excluding tert-OH is 1. The fraction of sp³-hybridized carbons (Fsp3) is 0.800. The lowest BCUT2D eigenvalue weighted by molar-refractivity contribution is 0.188. The standard InChI is InChI=1S/C10H18O/c1-8-6-9(4-5-11)10(2,3)7-8/h9,11H,1,4-7H2,2-3H3/t9-/m0/s1. The summed E-state index contributed by atoms with van der Waals surface area (Å²) in [6, 6.07) is 0. The average molecular weight is 154 g/mol. The fourth-order valence-corrected chi connectivity index (χ4v) is 2.13.